The van der Waals surface area contributed by atoms with E-state index in [1.807, 2.05) is 30.3 Å². The van der Waals surface area contributed by atoms with E-state index in [4.69, 9.17) is 14.2 Å². The summed E-state index contributed by atoms with van der Waals surface area (Å²) in [7, 11) is 0. The molecule has 2 fully saturated rings. The van der Waals surface area contributed by atoms with Crippen LogP contribution in [-0.2, 0) is 14.2 Å². The minimum Gasteiger partial charge on any atom is -0.390 e. The molecule has 162 valence electrons. The van der Waals surface area contributed by atoms with E-state index < -0.39 is 0 Å². The first kappa shape index (κ1) is 22.5. The number of hydrogen-bond acceptors (Lipinski definition) is 4. The summed E-state index contributed by atoms with van der Waals surface area (Å²) in [6, 6.07) is 10.1. The van der Waals surface area contributed by atoms with Gasteiger partial charge in [0, 0.05) is 5.56 Å². The van der Waals surface area contributed by atoms with E-state index >= 15 is 0 Å². The van der Waals surface area contributed by atoms with Gasteiger partial charge in [0.1, 0.15) is 0 Å². The van der Waals surface area contributed by atoms with Crippen molar-refractivity contribution in [2.45, 2.75) is 102 Å². The van der Waals surface area contributed by atoms with Gasteiger partial charge in [-0.25, -0.2) is 0 Å². The number of rotatable bonds is 10. The molecule has 2 saturated heterocycles. The Kier molecular flexibility index (Phi) is 9.68. The maximum Gasteiger partial charge on any atom is 0.184 e. The molecule has 0 radical (unpaired) electrons. The molecular weight excluding hydrogens is 364 g/mol. The monoisotopic (exact) mass is 402 g/mol. The van der Waals surface area contributed by atoms with E-state index in [1.165, 1.54) is 32.1 Å². The van der Waals surface area contributed by atoms with E-state index in [0.717, 1.165) is 37.7 Å². The highest BCUT2D eigenvalue weighted by Crippen LogP contribution is 2.33. The van der Waals surface area contributed by atoms with Crippen LogP contribution in [0.4, 0.5) is 0 Å². The Morgan fingerprint density at radius 1 is 0.931 bits per heavy atom. The van der Waals surface area contributed by atoms with Gasteiger partial charge in [-0.2, -0.15) is 0 Å². The molecule has 0 unspecified atom stereocenters. The number of ether oxygens (including phenoxy) is 3. The van der Waals surface area contributed by atoms with Crippen LogP contribution >= 0.6 is 0 Å². The predicted molar refractivity (Wildman–Crippen MR) is 116 cm³/mol. The molecule has 1 aromatic carbocycles. The van der Waals surface area contributed by atoms with Crippen molar-refractivity contribution in [2.24, 2.45) is 0 Å². The van der Waals surface area contributed by atoms with Crippen LogP contribution in [0.15, 0.2) is 42.5 Å². The van der Waals surface area contributed by atoms with Crippen molar-refractivity contribution >= 4 is 0 Å². The third-order valence-corrected chi connectivity index (χ3v) is 5.99. The second kappa shape index (κ2) is 12.5. The fourth-order valence-electron chi connectivity index (χ4n) is 4.22. The van der Waals surface area contributed by atoms with Crippen LogP contribution in [0.5, 0.6) is 0 Å². The molecule has 2 aliphatic heterocycles. The van der Waals surface area contributed by atoms with Gasteiger partial charge in [-0.05, 0) is 38.5 Å². The van der Waals surface area contributed by atoms with Gasteiger partial charge in [-0.3, -0.25) is 0 Å². The Labute approximate surface area is 176 Å². The molecule has 1 N–H and O–H groups in total. The van der Waals surface area contributed by atoms with E-state index in [0.29, 0.717) is 6.61 Å². The fraction of sp³-hybridized carbons (Fsp3) is 0.680. The van der Waals surface area contributed by atoms with Crippen molar-refractivity contribution in [1.82, 2.24) is 0 Å². The Morgan fingerprint density at radius 2 is 1.72 bits per heavy atom. The van der Waals surface area contributed by atoms with Crippen LogP contribution in [0.3, 0.4) is 0 Å². The maximum absolute atomic E-state index is 10.4. The first-order valence-electron chi connectivity index (χ1n) is 11.6. The van der Waals surface area contributed by atoms with E-state index in [-0.39, 0.29) is 30.7 Å². The molecule has 5 atom stereocenters. The summed E-state index contributed by atoms with van der Waals surface area (Å²) in [5, 5.41) is 10.4. The number of hydrogen-bond donors (Lipinski definition) is 1. The number of allylic oxidation sites excluding steroid dienone is 1. The summed E-state index contributed by atoms with van der Waals surface area (Å²) < 4.78 is 18.4. The van der Waals surface area contributed by atoms with Crippen molar-refractivity contribution < 1.29 is 19.3 Å². The summed E-state index contributed by atoms with van der Waals surface area (Å²) in [6.45, 7) is 2.92. The van der Waals surface area contributed by atoms with Crippen LogP contribution in [0.25, 0.3) is 0 Å². The Bertz CT molecular complexity index is 588. The number of unbranched alkanes of at least 4 members (excludes halogenated alkanes) is 5. The normalized spacial score (nSPS) is 30.6. The summed E-state index contributed by atoms with van der Waals surface area (Å²) in [5.74, 6) is 0. The summed E-state index contributed by atoms with van der Waals surface area (Å²) >= 11 is 0. The number of benzene rings is 1. The minimum atomic E-state index is -0.384. The van der Waals surface area contributed by atoms with Crippen LogP contribution < -0.4 is 0 Å². The molecule has 0 saturated carbocycles. The molecule has 3 rings (SSSR count). The molecule has 0 bridgehead atoms. The third-order valence-electron chi connectivity index (χ3n) is 5.99. The minimum absolute atomic E-state index is 0.0199. The molecule has 2 heterocycles. The quantitative estimate of drug-likeness (QED) is 0.402. The van der Waals surface area contributed by atoms with Gasteiger partial charge in [0.15, 0.2) is 6.29 Å². The largest absolute Gasteiger partial charge is 0.390 e. The van der Waals surface area contributed by atoms with Crippen LogP contribution in [0.2, 0.25) is 0 Å². The molecule has 0 aromatic heterocycles. The van der Waals surface area contributed by atoms with Gasteiger partial charge in [0.2, 0.25) is 0 Å². The van der Waals surface area contributed by atoms with Gasteiger partial charge in [-0.1, -0.05) is 75.1 Å². The topological polar surface area (TPSA) is 47.9 Å². The van der Waals surface area contributed by atoms with E-state index in [1.54, 1.807) is 0 Å². The lowest BCUT2D eigenvalue weighted by Crippen LogP contribution is -2.46. The van der Waals surface area contributed by atoms with Crippen LogP contribution in [0.1, 0.15) is 83.0 Å². The molecule has 0 spiro atoms. The first-order chi connectivity index (χ1) is 14.3. The molecule has 1 aromatic rings. The summed E-state index contributed by atoms with van der Waals surface area (Å²) in [4.78, 5) is 0. The second-order valence-electron chi connectivity index (χ2n) is 8.34. The van der Waals surface area contributed by atoms with Crippen LogP contribution in [-0.4, -0.2) is 36.1 Å². The average Bonchev–Trinajstić information content (AvgIpc) is 2.77. The molecule has 2 aliphatic rings. The standard InChI is InChI=1S/C25H38O4/c1-2-3-4-5-6-7-8-12-15-22-21(26)16-17-23(28-22)24-18-19-27-25(29-24)20-13-10-9-11-14-20/h8-14,21-26H,2-7,15-19H2,1H3/b12-8+/t21-,22+,23+,24+,25+/m1/s1. The zero-order chi connectivity index (χ0) is 20.3. The van der Waals surface area contributed by atoms with Gasteiger partial charge in [0.05, 0.1) is 31.0 Å². The highest BCUT2D eigenvalue weighted by molar-refractivity contribution is 5.16. The van der Waals surface area contributed by atoms with Gasteiger partial charge in [0.25, 0.3) is 0 Å². The predicted octanol–water partition coefficient (Wildman–Crippen LogP) is 5.71. The SMILES string of the molecule is CCCCCCC/C=C/C[C@@H]1O[C@H]([C@@H]2CCO[C@H](c3ccccc3)O2)CC[C@H]1O. The zero-order valence-electron chi connectivity index (χ0n) is 17.9. The second-order valence-corrected chi connectivity index (χ2v) is 8.34. The highest BCUT2D eigenvalue weighted by Gasteiger charge is 2.37. The van der Waals surface area contributed by atoms with E-state index in [2.05, 4.69) is 19.1 Å². The number of aliphatic hydroxyl groups excluding tert-OH is 1. The molecular formula is C25H38O4. The van der Waals surface area contributed by atoms with E-state index in [9.17, 15) is 5.11 Å². The lowest BCUT2D eigenvalue weighted by atomic mass is 9.94. The molecule has 4 heteroatoms. The summed E-state index contributed by atoms with van der Waals surface area (Å²) in [5.41, 5.74) is 1.05. The van der Waals surface area contributed by atoms with Gasteiger partial charge in [-0.15, -0.1) is 0 Å². The van der Waals surface area contributed by atoms with Crippen molar-refractivity contribution in [3.05, 3.63) is 48.0 Å². The number of aliphatic hydroxyl groups is 1. The Hall–Kier alpha value is -1.20. The van der Waals surface area contributed by atoms with Crippen molar-refractivity contribution in [3.63, 3.8) is 0 Å². The molecule has 0 amide bonds. The Morgan fingerprint density at radius 3 is 2.55 bits per heavy atom. The first-order valence-corrected chi connectivity index (χ1v) is 11.6. The smallest absolute Gasteiger partial charge is 0.184 e. The molecule has 0 aliphatic carbocycles. The average molecular weight is 403 g/mol. The molecule has 4 nitrogen and oxygen atoms in total. The maximum atomic E-state index is 10.4. The lowest BCUT2D eigenvalue weighted by Gasteiger charge is -2.40. The fourth-order valence-corrected chi connectivity index (χ4v) is 4.22. The zero-order valence-corrected chi connectivity index (χ0v) is 17.9. The highest BCUT2D eigenvalue weighted by atomic mass is 16.7. The lowest BCUT2D eigenvalue weighted by molar-refractivity contribution is -0.259. The van der Waals surface area contributed by atoms with Crippen LogP contribution in [0, 0.1) is 0 Å². The van der Waals surface area contributed by atoms with Crippen molar-refractivity contribution in [1.29, 1.82) is 0 Å². The third kappa shape index (κ3) is 7.21. The van der Waals surface area contributed by atoms with Crippen molar-refractivity contribution in [3.8, 4) is 0 Å². The summed E-state index contributed by atoms with van der Waals surface area (Å²) in [6.07, 6.45) is 14.5. The molecule has 29 heavy (non-hydrogen) atoms. The van der Waals surface area contributed by atoms with Gasteiger partial charge >= 0.3 is 0 Å². The Balaban J connectivity index is 1.44. The van der Waals surface area contributed by atoms with Crippen molar-refractivity contribution in [2.75, 3.05) is 6.61 Å². The van der Waals surface area contributed by atoms with Gasteiger partial charge < -0.3 is 19.3 Å².